The maximum absolute atomic E-state index is 4.65. The quantitative estimate of drug-likeness (QED) is 0.392. The summed E-state index contributed by atoms with van der Waals surface area (Å²) in [7, 11) is 0. The molecule has 0 amide bonds. The Morgan fingerprint density at radius 3 is 2.90 bits per heavy atom. The van der Waals surface area contributed by atoms with Crippen molar-refractivity contribution in [2.24, 2.45) is 28.6 Å². The average molecular weight is 461 g/mol. The number of nitrogens with zero attached hydrogens (tertiary/aromatic N) is 3. The number of hydrogen-bond acceptors (Lipinski definition) is 2. The van der Waals surface area contributed by atoms with Gasteiger partial charge in [0.25, 0.3) is 0 Å². The van der Waals surface area contributed by atoms with E-state index in [0.29, 0.717) is 5.41 Å². The predicted octanol–water partition coefficient (Wildman–Crippen LogP) is 5.89. The molecule has 3 nitrogen and oxygen atoms in total. The molecule has 2 heterocycles. The third kappa shape index (κ3) is 2.75. The second-order valence-corrected chi connectivity index (χ2v) is 10.0. The SMILES string of the molecule is C[C@]12CC[CH-]CC1=CCC1C2CC[C@]2(C)C(c3cnn4cccnc34)=CCC12.[Y]. The maximum Gasteiger partial charge on any atom is 0.162 e. The topological polar surface area (TPSA) is 30.2 Å². The van der Waals surface area contributed by atoms with Gasteiger partial charge in [-0.15, -0.1) is 0 Å². The van der Waals surface area contributed by atoms with Crippen molar-refractivity contribution in [1.82, 2.24) is 14.6 Å². The summed E-state index contributed by atoms with van der Waals surface area (Å²) in [6.45, 7) is 5.12. The summed E-state index contributed by atoms with van der Waals surface area (Å²) in [5.41, 5.74) is 6.26. The molecule has 2 aromatic rings. The summed E-state index contributed by atoms with van der Waals surface area (Å²) >= 11 is 0. The maximum atomic E-state index is 4.65. The van der Waals surface area contributed by atoms with Crippen molar-refractivity contribution in [3.8, 4) is 0 Å². The van der Waals surface area contributed by atoms with Crippen LogP contribution in [-0.4, -0.2) is 14.6 Å². The Balaban J connectivity index is 0.00000181. The molecule has 2 aromatic heterocycles. The first-order valence-electron chi connectivity index (χ1n) is 11.1. The molecule has 0 aromatic carbocycles. The van der Waals surface area contributed by atoms with Crippen LogP contribution in [0.4, 0.5) is 0 Å². The average Bonchev–Trinajstić information content (AvgIpc) is 3.28. The van der Waals surface area contributed by atoms with E-state index in [-0.39, 0.29) is 38.1 Å². The predicted molar refractivity (Wildman–Crippen MR) is 112 cm³/mol. The van der Waals surface area contributed by atoms with Crippen molar-refractivity contribution in [3.05, 3.63) is 54.4 Å². The molecule has 4 heteroatoms. The van der Waals surface area contributed by atoms with Crippen LogP contribution in [0.2, 0.25) is 0 Å². The molecule has 2 fully saturated rings. The first-order chi connectivity index (χ1) is 13.6. The molecule has 0 spiro atoms. The minimum Gasteiger partial charge on any atom is -0.325 e. The molecule has 0 N–H and O–H groups in total. The Morgan fingerprint density at radius 1 is 1.10 bits per heavy atom. The van der Waals surface area contributed by atoms with E-state index in [0.717, 1.165) is 23.4 Å². The zero-order valence-corrected chi connectivity index (χ0v) is 20.5. The summed E-state index contributed by atoms with van der Waals surface area (Å²) in [4.78, 5) is 4.65. The van der Waals surface area contributed by atoms with Gasteiger partial charge in [0.05, 0.1) is 6.20 Å². The van der Waals surface area contributed by atoms with E-state index < -0.39 is 0 Å². The van der Waals surface area contributed by atoms with Crippen LogP contribution in [0.1, 0.15) is 64.4 Å². The minimum atomic E-state index is 0. The van der Waals surface area contributed by atoms with Crippen molar-refractivity contribution in [2.45, 2.75) is 58.8 Å². The van der Waals surface area contributed by atoms with Crippen LogP contribution < -0.4 is 0 Å². The minimum absolute atomic E-state index is 0. The van der Waals surface area contributed by atoms with Crippen LogP contribution in [0, 0.1) is 35.0 Å². The normalized spacial score (nSPS) is 38.3. The van der Waals surface area contributed by atoms with Gasteiger partial charge in [0.2, 0.25) is 0 Å². The number of hydrogen-bond donors (Lipinski definition) is 0. The molecule has 1 radical (unpaired) electrons. The standard InChI is InChI=1S/C25H30N3.Y/c1-24-12-4-3-6-17(24)7-8-18-20-9-10-21(25(20,2)13-11-22(18)24)19-16-27-28-15-5-14-26-23(19)28;/h3,5,7,10,14-16,18,20,22H,4,6,8-9,11-13H2,1-2H3;/q-1;/t18?,20?,22?,24-,25-;/m0./s1. The van der Waals surface area contributed by atoms with Gasteiger partial charge in [0, 0.05) is 50.7 Å². The van der Waals surface area contributed by atoms with Gasteiger partial charge in [0.15, 0.2) is 5.65 Å². The van der Waals surface area contributed by atoms with Gasteiger partial charge in [-0.2, -0.15) is 17.9 Å². The molecule has 4 aliphatic carbocycles. The third-order valence-corrected chi connectivity index (χ3v) is 9.01. The second-order valence-electron chi connectivity index (χ2n) is 10.0. The summed E-state index contributed by atoms with van der Waals surface area (Å²) in [6, 6.07) is 1.96. The molecule has 0 saturated heterocycles. The summed E-state index contributed by atoms with van der Waals surface area (Å²) in [6.07, 6.45) is 22.7. The first-order valence-corrected chi connectivity index (χ1v) is 11.1. The van der Waals surface area contributed by atoms with E-state index in [9.17, 15) is 0 Å². The Hall–Kier alpha value is -0.796. The van der Waals surface area contributed by atoms with E-state index in [2.05, 4.69) is 42.5 Å². The summed E-state index contributed by atoms with van der Waals surface area (Å²) in [5.74, 6) is 2.46. The first kappa shape index (κ1) is 20.1. The van der Waals surface area contributed by atoms with Gasteiger partial charge in [0.1, 0.15) is 0 Å². The van der Waals surface area contributed by atoms with Crippen molar-refractivity contribution in [1.29, 1.82) is 0 Å². The van der Waals surface area contributed by atoms with Crippen LogP contribution in [0.15, 0.2) is 42.4 Å². The summed E-state index contributed by atoms with van der Waals surface area (Å²) < 4.78 is 1.92. The van der Waals surface area contributed by atoms with Gasteiger partial charge in [-0.05, 0) is 65.9 Å². The van der Waals surface area contributed by atoms with Crippen molar-refractivity contribution in [3.63, 3.8) is 0 Å². The fourth-order valence-corrected chi connectivity index (χ4v) is 7.48. The fraction of sp³-hybridized carbons (Fsp3) is 0.560. The second kappa shape index (κ2) is 7.12. The number of allylic oxidation sites excluding steroid dienone is 4. The molecule has 149 valence electrons. The van der Waals surface area contributed by atoms with Crippen LogP contribution in [0.25, 0.3) is 11.2 Å². The van der Waals surface area contributed by atoms with Gasteiger partial charge < -0.3 is 6.42 Å². The monoisotopic (exact) mass is 461 g/mol. The van der Waals surface area contributed by atoms with Crippen molar-refractivity contribution < 1.29 is 32.7 Å². The largest absolute Gasteiger partial charge is 0.325 e. The number of rotatable bonds is 1. The molecule has 6 rings (SSSR count). The zero-order chi connectivity index (χ0) is 18.9. The molecule has 29 heavy (non-hydrogen) atoms. The molecular formula is C25H30N3Y-. The molecule has 5 atom stereocenters. The summed E-state index contributed by atoms with van der Waals surface area (Å²) in [5, 5.41) is 4.58. The number of aromatic nitrogens is 3. The van der Waals surface area contributed by atoms with E-state index >= 15 is 0 Å². The third-order valence-electron chi connectivity index (χ3n) is 9.01. The molecule has 0 bridgehead atoms. The van der Waals surface area contributed by atoms with Gasteiger partial charge >= 0.3 is 0 Å². The van der Waals surface area contributed by atoms with Crippen LogP contribution in [0.5, 0.6) is 0 Å². The van der Waals surface area contributed by atoms with Gasteiger partial charge in [-0.1, -0.05) is 38.0 Å². The Kier molecular flexibility index (Phi) is 4.94. The molecule has 4 aliphatic rings. The fourth-order valence-electron chi connectivity index (χ4n) is 7.48. The molecule has 3 unspecified atom stereocenters. The van der Waals surface area contributed by atoms with E-state index in [1.54, 1.807) is 5.57 Å². The number of fused-ring (bicyclic) bond motifs is 6. The Bertz CT molecular complexity index is 1000. The van der Waals surface area contributed by atoms with E-state index in [1.165, 1.54) is 56.1 Å². The zero-order valence-electron chi connectivity index (χ0n) is 17.6. The van der Waals surface area contributed by atoms with E-state index in [1.807, 2.05) is 29.2 Å². The van der Waals surface area contributed by atoms with Crippen LogP contribution >= 0.6 is 0 Å². The van der Waals surface area contributed by atoms with Gasteiger partial charge in [-0.3, -0.25) is 0 Å². The van der Waals surface area contributed by atoms with Crippen molar-refractivity contribution in [2.75, 3.05) is 0 Å². The smallest absolute Gasteiger partial charge is 0.162 e. The Morgan fingerprint density at radius 2 is 2.00 bits per heavy atom. The van der Waals surface area contributed by atoms with Crippen molar-refractivity contribution >= 4 is 11.2 Å². The Labute approximate surface area is 199 Å². The molecule has 0 aliphatic heterocycles. The molecular weight excluding hydrogens is 431 g/mol. The molecule has 2 saturated carbocycles. The van der Waals surface area contributed by atoms with Crippen LogP contribution in [0.3, 0.4) is 0 Å². The van der Waals surface area contributed by atoms with Gasteiger partial charge in [-0.25, -0.2) is 9.50 Å². The van der Waals surface area contributed by atoms with Crippen LogP contribution in [-0.2, 0) is 32.7 Å². The van der Waals surface area contributed by atoms with E-state index in [4.69, 9.17) is 0 Å².